The summed E-state index contributed by atoms with van der Waals surface area (Å²) >= 11 is 0. The molecular formula is C23H26N6O2. The van der Waals surface area contributed by atoms with Gasteiger partial charge in [0.1, 0.15) is 0 Å². The fourth-order valence-corrected chi connectivity index (χ4v) is 4.01. The number of nitrogens with zero attached hydrogens (tertiary/aromatic N) is 4. The lowest BCUT2D eigenvalue weighted by atomic mass is 9.90. The van der Waals surface area contributed by atoms with E-state index in [1.807, 2.05) is 41.3 Å². The van der Waals surface area contributed by atoms with Gasteiger partial charge >= 0.3 is 5.69 Å². The molecule has 1 aliphatic rings. The minimum Gasteiger partial charge on any atom is -0.378 e. The Morgan fingerprint density at radius 1 is 1.00 bits per heavy atom. The van der Waals surface area contributed by atoms with Crippen LogP contribution in [0.4, 0.5) is 23.3 Å². The summed E-state index contributed by atoms with van der Waals surface area (Å²) in [5.41, 5.74) is 8.14. The number of aromatic nitrogens is 2. The van der Waals surface area contributed by atoms with Gasteiger partial charge in [-0.25, -0.2) is 0 Å². The number of rotatable bonds is 7. The number of nitrogens with two attached hydrogens (primary N) is 1. The van der Waals surface area contributed by atoms with Crippen molar-refractivity contribution in [2.75, 3.05) is 29.0 Å². The van der Waals surface area contributed by atoms with Gasteiger partial charge in [-0.15, -0.1) is 0 Å². The fourth-order valence-electron chi connectivity index (χ4n) is 4.01. The van der Waals surface area contributed by atoms with Gasteiger partial charge in [0.15, 0.2) is 0 Å². The summed E-state index contributed by atoms with van der Waals surface area (Å²) in [4.78, 5) is 21.8. The fraction of sp³-hybridized carbons (Fsp3) is 0.304. The molecule has 1 fully saturated rings. The van der Waals surface area contributed by atoms with E-state index >= 15 is 0 Å². The molecule has 160 valence electrons. The van der Waals surface area contributed by atoms with Crippen molar-refractivity contribution in [3.63, 3.8) is 0 Å². The summed E-state index contributed by atoms with van der Waals surface area (Å²) in [5, 5.41) is 14.8. The second-order valence-corrected chi connectivity index (χ2v) is 7.82. The quantitative estimate of drug-likeness (QED) is 0.440. The molecule has 31 heavy (non-hydrogen) atoms. The Morgan fingerprint density at radius 2 is 1.61 bits per heavy atom. The SMILES string of the molecule is Nc1nc(NCc2ccccc2)nc(N2CCC(Cc3ccccc3)CC2)c1[N+](=O)[O-]. The number of nitrogens with one attached hydrogen (secondary N) is 1. The Bertz CT molecular complexity index is 1020. The Morgan fingerprint density at radius 3 is 2.23 bits per heavy atom. The van der Waals surface area contributed by atoms with Crippen molar-refractivity contribution in [1.82, 2.24) is 9.97 Å². The van der Waals surface area contributed by atoms with Crippen LogP contribution in [0.5, 0.6) is 0 Å². The van der Waals surface area contributed by atoms with Gasteiger partial charge in [0.2, 0.25) is 17.6 Å². The van der Waals surface area contributed by atoms with E-state index in [-0.39, 0.29) is 11.5 Å². The molecule has 0 atom stereocenters. The van der Waals surface area contributed by atoms with Crippen molar-refractivity contribution in [1.29, 1.82) is 0 Å². The van der Waals surface area contributed by atoms with Crippen molar-refractivity contribution in [2.45, 2.75) is 25.8 Å². The Hall–Kier alpha value is -3.68. The number of hydrogen-bond acceptors (Lipinski definition) is 7. The van der Waals surface area contributed by atoms with Crippen molar-refractivity contribution in [3.05, 3.63) is 81.9 Å². The molecule has 0 bridgehead atoms. The zero-order chi connectivity index (χ0) is 21.6. The first-order valence-electron chi connectivity index (χ1n) is 10.5. The van der Waals surface area contributed by atoms with Crippen LogP contribution in [-0.2, 0) is 13.0 Å². The highest BCUT2D eigenvalue weighted by atomic mass is 16.6. The molecule has 8 heteroatoms. The van der Waals surface area contributed by atoms with Crippen LogP contribution in [0.1, 0.15) is 24.0 Å². The Labute approximate surface area is 181 Å². The molecule has 1 saturated heterocycles. The first-order chi connectivity index (χ1) is 15.1. The van der Waals surface area contributed by atoms with Gasteiger partial charge in [0.25, 0.3) is 0 Å². The molecule has 0 radical (unpaired) electrons. The average molecular weight is 419 g/mol. The third kappa shape index (κ3) is 5.09. The molecule has 0 spiro atoms. The second-order valence-electron chi connectivity index (χ2n) is 7.82. The molecule has 3 aromatic rings. The highest BCUT2D eigenvalue weighted by Gasteiger charge is 2.30. The number of nitro groups is 1. The second kappa shape index (κ2) is 9.42. The standard InChI is InChI=1S/C23H26N6O2/c24-21-20(29(30)31)22(27-23(26-21)25-16-19-9-5-2-6-10-19)28-13-11-18(12-14-28)15-17-7-3-1-4-8-17/h1-10,18H,11-16H2,(H3,24,25,26,27). The molecule has 8 nitrogen and oxygen atoms in total. The van der Waals surface area contributed by atoms with Crippen LogP contribution in [0.3, 0.4) is 0 Å². The summed E-state index contributed by atoms with van der Waals surface area (Å²) in [7, 11) is 0. The van der Waals surface area contributed by atoms with Gasteiger partial charge in [-0.2, -0.15) is 9.97 Å². The zero-order valence-corrected chi connectivity index (χ0v) is 17.3. The van der Waals surface area contributed by atoms with Crippen molar-refractivity contribution in [2.24, 2.45) is 5.92 Å². The maximum absolute atomic E-state index is 11.7. The number of benzene rings is 2. The molecule has 2 heterocycles. The van der Waals surface area contributed by atoms with E-state index in [2.05, 4.69) is 39.6 Å². The van der Waals surface area contributed by atoms with Crippen molar-refractivity contribution < 1.29 is 4.92 Å². The smallest absolute Gasteiger partial charge is 0.353 e. The maximum atomic E-state index is 11.7. The van der Waals surface area contributed by atoms with Gasteiger partial charge in [-0.05, 0) is 36.3 Å². The summed E-state index contributed by atoms with van der Waals surface area (Å²) < 4.78 is 0. The highest BCUT2D eigenvalue weighted by molar-refractivity contribution is 5.71. The summed E-state index contributed by atoms with van der Waals surface area (Å²) in [6.45, 7) is 1.91. The number of anilines is 3. The lowest BCUT2D eigenvalue weighted by Gasteiger charge is -2.32. The molecular weight excluding hydrogens is 392 g/mol. The Kier molecular flexibility index (Phi) is 6.26. The largest absolute Gasteiger partial charge is 0.378 e. The topological polar surface area (TPSA) is 110 Å². The molecule has 2 aromatic carbocycles. The van der Waals surface area contributed by atoms with Crippen LogP contribution in [0, 0.1) is 16.0 Å². The average Bonchev–Trinajstić information content (AvgIpc) is 2.79. The molecule has 0 aliphatic carbocycles. The van der Waals surface area contributed by atoms with Gasteiger partial charge in [0, 0.05) is 19.6 Å². The summed E-state index contributed by atoms with van der Waals surface area (Å²) in [6.07, 6.45) is 2.91. The highest BCUT2D eigenvalue weighted by Crippen LogP contribution is 2.35. The van der Waals surface area contributed by atoms with Crippen LogP contribution in [0.2, 0.25) is 0 Å². The van der Waals surface area contributed by atoms with E-state index in [0.717, 1.165) is 24.8 Å². The molecule has 0 amide bonds. The van der Waals surface area contributed by atoms with E-state index in [0.29, 0.717) is 37.3 Å². The van der Waals surface area contributed by atoms with Crippen molar-refractivity contribution in [3.8, 4) is 0 Å². The monoisotopic (exact) mass is 418 g/mol. The molecule has 3 N–H and O–H groups in total. The van der Waals surface area contributed by atoms with Crippen LogP contribution < -0.4 is 16.0 Å². The van der Waals surface area contributed by atoms with E-state index in [1.54, 1.807) is 0 Å². The number of piperidine rings is 1. The van der Waals surface area contributed by atoms with Crippen LogP contribution in [-0.4, -0.2) is 28.0 Å². The van der Waals surface area contributed by atoms with E-state index in [1.165, 1.54) is 5.56 Å². The Balaban J connectivity index is 1.48. The minimum atomic E-state index is -0.484. The van der Waals surface area contributed by atoms with E-state index in [9.17, 15) is 10.1 Å². The number of hydrogen-bond donors (Lipinski definition) is 2. The van der Waals surface area contributed by atoms with Crippen LogP contribution in [0.15, 0.2) is 60.7 Å². The predicted molar refractivity (Wildman–Crippen MR) is 122 cm³/mol. The van der Waals surface area contributed by atoms with Crippen LogP contribution >= 0.6 is 0 Å². The summed E-state index contributed by atoms with van der Waals surface area (Å²) in [5.74, 6) is 1.03. The number of nitrogen functional groups attached to an aromatic ring is 1. The van der Waals surface area contributed by atoms with Crippen molar-refractivity contribution >= 4 is 23.3 Å². The maximum Gasteiger partial charge on any atom is 0.353 e. The van der Waals surface area contributed by atoms with Crippen LogP contribution in [0.25, 0.3) is 0 Å². The molecule has 1 aliphatic heterocycles. The lowest BCUT2D eigenvalue weighted by Crippen LogP contribution is -2.35. The molecule has 1 aromatic heterocycles. The van der Waals surface area contributed by atoms with E-state index in [4.69, 9.17) is 5.73 Å². The van der Waals surface area contributed by atoms with Gasteiger partial charge in [-0.3, -0.25) is 10.1 Å². The summed E-state index contributed by atoms with van der Waals surface area (Å²) in [6, 6.07) is 20.3. The predicted octanol–water partition coefficient (Wildman–Crippen LogP) is 4.04. The minimum absolute atomic E-state index is 0.114. The first-order valence-corrected chi connectivity index (χ1v) is 10.5. The third-order valence-corrected chi connectivity index (χ3v) is 5.65. The molecule has 0 saturated carbocycles. The third-order valence-electron chi connectivity index (χ3n) is 5.65. The molecule has 0 unspecified atom stereocenters. The van der Waals surface area contributed by atoms with E-state index < -0.39 is 4.92 Å². The first kappa shape index (κ1) is 20.6. The van der Waals surface area contributed by atoms with Gasteiger partial charge < -0.3 is 16.0 Å². The normalized spacial score (nSPS) is 14.4. The lowest BCUT2D eigenvalue weighted by molar-refractivity contribution is -0.383. The van der Waals surface area contributed by atoms with Gasteiger partial charge in [-0.1, -0.05) is 60.7 Å². The van der Waals surface area contributed by atoms with Gasteiger partial charge in [0.05, 0.1) is 4.92 Å². The zero-order valence-electron chi connectivity index (χ0n) is 17.3. The molecule has 4 rings (SSSR count).